The second-order valence-electron chi connectivity index (χ2n) is 4.80. The van der Waals surface area contributed by atoms with Gasteiger partial charge in [-0.1, -0.05) is 18.9 Å². The summed E-state index contributed by atoms with van der Waals surface area (Å²) in [6.07, 6.45) is 4.16. The second-order valence-corrected chi connectivity index (χ2v) is 4.80. The number of carbonyl (C=O) groups is 1. The van der Waals surface area contributed by atoms with Crippen LogP contribution in [0.25, 0.3) is 0 Å². The number of urea groups is 1. The maximum absolute atomic E-state index is 13.1. The van der Waals surface area contributed by atoms with E-state index in [1.54, 1.807) is 17.0 Å². The summed E-state index contributed by atoms with van der Waals surface area (Å²) in [4.78, 5) is 13.8. The van der Waals surface area contributed by atoms with E-state index < -0.39 is 0 Å². The number of nitrogens with zero attached hydrogens (tertiary/aromatic N) is 1. The molecule has 19 heavy (non-hydrogen) atoms. The molecule has 0 aliphatic heterocycles. The molecule has 5 heteroatoms. The van der Waals surface area contributed by atoms with Crippen molar-refractivity contribution < 1.29 is 14.3 Å². The molecule has 1 aromatic rings. The van der Waals surface area contributed by atoms with E-state index in [4.69, 9.17) is 5.11 Å². The average molecular weight is 266 g/mol. The maximum Gasteiger partial charge on any atom is 0.322 e. The van der Waals surface area contributed by atoms with E-state index in [2.05, 4.69) is 5.32 Å². The number of hydrogen-bond donors (Lipinski definition) is 2. The number of hydrogen-bond acceptors (Lipinski definition) is 2. The number of anilines is 1. The first-order valence-corrected chi connectivity index (χ1v) is 6.65. The van der Waals surface area contributed by atoms with Gasteiger partial charge < -0.3 is 15.3 Å². The molecule has 0 aromatic heterocycles. The molecule has 0 bridgehead atoms. The minimum atomic E-state index is -0.382. The molecule has 2 rings (SSSR count). The first-order valence-electron chi connectivity index (χ1n) is 6.65. The van der Waals surface area contributed by atoms with Crippen molar-refractivity contribution in [3.63, 3.8) is 0 Å². The third kappa shape index (κ3) is 3.67. The summed E-state index contributed by atoms with van der Waals surface area (Å²) in [7, 11) is 0. The van der Waals surface area contributed by atoms with Crippen molar-refractivity contribution in [2.75, 3.05) is 18.5 Å². The minimum absolute atomic E-state index is 0.0624. The third-order valence-electron chi connectivity index (χ3n) is 3.44. The molecular weight excluding hydrogens is 247 g/mol. The summed E-state index contributed by atoms with van der Waals surface area (Å²) >= 11 is 0. The van der Waals surface area contributed by atoms with Gasteiger partial charge in [-0.2, -0.15) is 0 Å². The van der Waals surface area contributed by atoms with Gasteiger partial charge in [0.15, 0.2) is 0 Å². The highest BCUT2D eigenvalue weighted by Gasteiger charge is 2.26. The Morgan fingerprint density at radius 1 is 1.42 bits per heavy atom. The molecular formula is C14H19FN2O2. The van der Waals surface area contributed by atoms with Crippen LogP contribution < -0.4 is 5.32 Å². The number of amides is 2. The van der Waals surface area contributed by atoms with E-state index in [1.807, 2.05) is 0 Å². The van der Waals surface area contributed by atoms with Crippen molar-refractivity contribution in [2.45, 2.75) is 31.7 Å². The lowest BCUT2D eigenvalue weighted by Gasteiger charge is -2.28. The molecule has 1 aliphatic rings. The zero-order chi connectivity index (χ0) is 13.7. The highest BCUT2D eigenvalue weighted by atomic mass is 19.1. The van der Waals surface area contributed by atoms with Gasteiger partial charge in [-0.05, 0) is 31.0 Å². The van der Waals surface area contributed by atoms with Crippen molar-refractivity contribution in [3.05, 3.63) is 30.1 Å². The Kier molecular flexibility index (Phi) is 4.74. The number of carbonyl (C=O) groups excluding carboxylic acids is 1. The van der Waals surface area contributed by atoms with Gasteiger partial charge in [0, 0.05) is 18.3 Å². The van der Waals surface area contributed by atoms with Gasteiger partial charge in [-0.3, -0.25) is 0 Å². The van der Waals surface area contributed by atoms with Crippen LogP contribution in [0.2, 0.25) is 0 Å². The summed E-state index contributed by atoms with van der Waals surface area (Å²) in [5.74, 6) is -0.382. The van der Waals surface area contributed by atoms with E-state index in [9.17, 15) is 9.18 Å². The number of rotatable bonds is 4. The van der Waals surface area contributed by atoms with Crippen molar-refractivity contribution >= 4 is 11.7 Å². The Balaban J connectivity index is 2.02. The van der Waals surface area contributed by atoms with Crippen LogP contribution in [0.15, 0.2) is 24.3 Å². The normalized spacial score (nSPS) is 15.5. The highest BCUT2D eigenvalue weighted by Crippen LogP contribution is 2.24. The lowest BCUT2D eigenvalue weighted by Crippen LogP contribution is -2.43. The highest BCUT2D eigenvalue weighted by molar-refractivity contribution is 5.89. The van der Waals surface area contributed by atoms with E-state index in [0.29, 0.717) is 12.2 Å². The topological polar surface area (TPSA) is 52.6 Å². The van der Waals surface area contributed by atoms with Gasteiger partial charge in [0.25, 0.3) is 0 Å². The van der Waals surface area contributed by atoms with Gasteiger partial charge in [0.05, 0.1) is 6.61 Å². The van der Waals surface area contributed by atoms with Crippen LogP contribution in [0, 0.1) is 5.82 Å². The molecule has 0 saturated heterocycles. The molecule has 0 radical (unpaired) electrons. The quantitative estimate of drug-likeness (QED) is 0.880. The molecule has 0 atom stereocenters. The van der Waals surface area contributed by atoms with Crippen LogP contribution >= 0.6 is 0 Å². The lowest BCUT2D eigenvalue weighted by atomic mass is 10.2. The fourth-order valence-corrected chi connectivity index (χ4v) is 2.54. The van der Waals surface area contributed by atoms with Crippen molar-refractivity contribution in [3.8, 4) is 0 Å². The number of aliphatic hydroxyl groups excluding tert-OH is 1. The monoisotopic (exact) mass is 266 g/mol. The number of nitrogens with one attached hydrogen (secondary N) is 1. The summed E-state index contributed by atoms with van der Waals surface area (Å²) < 4.78 is 13.1. The molecule has 0 spiro atoms. The van der Waals surface area contributed by atoms with Gasteiger partial charge >= 0.3 is 6.03 Å². The average Bonchev–Trinajstić information content (AvgIpc) is 2.89. The zero-order valence-corrected chi connectivity index (χ0v) is 10.8. The summed E-state index contributed by atoms with van der Waals surface area (Å²) in [6, 6.07) is 5.72. The van der Waals surface area contributed by atoms with Crippen molar-refractivity contribution in [1.82, 2.24) is 4.90 Å². The van der Waals surface area contributed by atoms with Crippen molar-refractivity contribution in [2.24, 2.45) is 0 Å². The second kappa shape index (κ2) is 6.52. The molecule has 1 aliphatic carbocycles. The van der Waals surface area contributed by atoms with E-state index in [-0.39, 0.29) is 24.5 Å². The van der Waals surface area contributed by atoms with Crippen LogP contribution in [0.1, 0.15) is 25.7 Å². The largest absolute Gasteiger partial charge is 0.395 e. The molecule has 0 unspecified atom stereocenters. The molecule has 1 fully saturated rings. The number of aliphatic hydroxyl groups is 1. The van der Waals surface area contributed by atoms with Gasteiger partial charge in [0.1, 0.15) is 5.82 Å². The predicted molar refractivity (Wildman–Crippen MR) is 71.5 cm³/mol. The SMILES string of the molecule is O=C(Nc1cccc(F)c1)N(CCO)C1CCCC1. The molecule has 0 heterocycles. The number of halogens is 1. The molecule has 2 N–H and O–H groups in total. The Morgan fingerprint density at radius 2 is 2.16 bits per heavy atom. The summed E-state index contributed by atoms with van der Waals surface area (Å²) in [6.45, 7) is 0.249. The van der Waals surface area contributed by atoms with Gasteiger partial charge in [-0.15, -0.1) is 0 Å². The molecule has 4 nitrogen and oxygen atoms in total. The minimum Gasteiger partial charge on any atom is -0.395 e. The van der Waals surface area contributed by atoms with Crippen LogP contribution in [-0.2, 0) is 0 Å². The fourth-order valence-electron chi connectivity index (χ4n) is 2.54. The molecule has 1 aromatic carbocycles. The standard InChI is InChI=1S/C14H19FN2O2/c15-11-4-3-5-12(10-11)16-14(19)17(8-9-18)13-6-1-2-7-13/h3-5,10,13,18H,1-2,6-9H2,(H,16,19). The van der Waals surface area contributed by atoms with Crippen molar-refractivity contribution in [1.29, 1.82) is 0 Å². The van der Waals surface area contributed by atoms with Crippen LogP contribution in [0.4, 0.5) is 14.9 Å². The summed E-state index contributed by atoms with van der Waals surface area (Å²) in [5.41, 5.74) is 0.436. The Hall–Kier alpha value is -1.62. The van der Waals surface area contributed by atoms with Crippen LogP contribution in [0.3, 0.4) is 0 Å². The van der Waals surface area contributed by atoms with E-state index in [0.717, 1.165) is 25.7 Å². The van der Waals surface area contributed by atoms with Gasteiger partial charge in [-0.25, -0.2) is 9.18 Å². The fraction of sp³-hybridized carbons (Fsp3) is 0.500. The predicted octanol–water partition coefficient (Wildman–Crippen LogP) is 2.59. The molecule has 2 amide bonds. The Labute approximate surface area is 112 Å². The first kappa shape index (κ1) is 13.8. The first-order chi connectivity index (χ1) is 9.20. The molecule has 104 valence electrons. The maximum atomic E-state index is 13.1. The summed E-state index contributed by atoms with van der Waals surface area (Å²) in [5, 5.41) is 11.8. The smallest absolute Gasteiger partial charge is 0.322 e. The van der Waals surface area contributed by atoms with E-state index in [1.165, 1.54) is 12.1 Å². The Morgan fingerprint density at radius 3 is 2.79 bits per heavy atom. The van der Waals surface area contributed by atoms with Crippen LogP contribution in [0.5, 0.6) is 0 Å². The van der Waals surface area contributed by atoms with Gasteiger partial charge in [0.2, 0.25) is 0 Å². The van der Waals surface area contributed by atoms with E-state index >= 15 is 0 Å². The lowest BCUT2D eigenvalue weighted by molar-refractivity contribution is 0.163. The zero-order valence-electron chi connectivity index (χ0n) is 10.8. The number of benzene rings is 1. The third-order valence-corrected chi connectivity index (χ3v) is 3.44. The molecule has 1 saturated carbocycles. The van der Waals surface area contributed by atoms with Crippen LogP contribution in [-0.4, -0.2) is 35.2 Å². The Bertz CT molecular complexity index is 433.